The van der Waals surface area contributed by atoms with Crippen molar-refractivity contribution in [3.63, 3.8) is 0 Å². The van der Waals surface area contributed by atoms with Crippen LogP contribution in [0.25, 0.3) is 0 Å². The molecule has 0 aromatic heterocycles. The quantitative estimate of drug-likeness (QED) is 0.840. The lowest BCUT2D eigenvalue weighted by atomic mass is 9.88. The molecule has 98 valence electrons. The molecule has 0 spiro atoms. The number of nitrogens with one attached hydrogen (secondary N) is 1. The normalized spacial score (nSPS) is 31.8. The Morgan fingerprint density at radius 2 is 1.94 bits per heavy atom. The third kappa shape index (κ3) is 2.47. The first kappa shape index (κ1) is 12.2. The van der Waals surface area contributed by atoms with Crippen molar-refractivity contribution >= 4 is 0 Å². The van der Waals surface area contributed by atoms with Gasteiger partial charge >= 0.3 is 0 Å². The summed E-state index contributed by atoms with van der Waals surface area (Å²) >= 11 is 0. The number of fused-ring (bicyclic) bond motifs is 2. The van der Waals surface area contributed by atoms with E-state index in [0.717, 1.165) is 17.8 Å². The Labute approximate surface area is 111 Å². The zero-order valence-electron chi connectivity index (χ0n) is 11.7. The predicted molar refractivity (Wildman–Crippen MR) is 76.5 cm³/mol. The smallest absolute Gasteiger partial charge is 0.0291 e. The average molecular weight is 243 g/mol. The van der Waals surface area contributed by atoms with Gasteiger partial charge in [0.05, 0.1) is 0 Å². The number of hydrogen-bond donors (Lipinski definition) is 1. The Morgan fingerprint density at radius 1 is 1.17 bits per heavy atom. The first-order valence-corrected chi connectivity index (χ1v) is 7.52. The zero-order chi connectivity index (χ0) is 12.5. The molecule has 0 radical (unpaired) electrons. The van der Waals surface area contributed by atoms with E-state index in [9.17, 15) is 0 Å². The molecule has 3 rings (SSSR count). The van der Waals surface area contributed by atoms with E-state index >= 15 is 0 Å². The Morgan fingerprint density at radius 3 is 2.56 bits per heavy atom. The van der Waals surface area contributed by atoms with Crippen molar-refractivity contribution in [1.29, 1.82) is 0 Å². The summed E-state index contributed by atoms with van der Waals surface area (Å²) < 4.78 is 0. The molecule has 4 atom stereocenters. The van der Waals surface area contributed by atoms with Crippen molar-refractivity contribution < 1.29 is 0 Å². The van der Waals surface area contributed by atoms with Crippen LogP contribution in [-0.4, -0.2) is 6.54 Å². The van der Waals surface area contributed by atoms with Crippen LogP contribution >= 0.6 is 0 Å². The second-order valence-corrected chi connectivity index (χ2v) is 6.48. The van der Waals surface area contributed by atoms with Crippen LogP contribution in [0.2, 0.25) is 0 Å². The van der Waals surface area contributed by atoms with Gasteiger partial charge in [-0.05, 0) is 63.0 Å². The largest absolute Gasteiger partial charge is 0.310 e. The van der Waals surface area contributed by atoms with E-state index in [1.165, 1.54) is 43.4 Å². The Kier molecular flexibility index (Phi) is 3.43. The number of rotatable bonds is 4. The molecule has 2 fully saturated rings. The van der Waals surface area contributed by atoms with E-state index < -0.39 is 0 Å². The van der Waals surface area contributed by atoms with E-state index in [1.807, 2.05) is 0 Å². The molecule has 1 N–H and O–H groups in total. The number of aryl methyl sites for hydroxylation is 1. The molecule has 0 aliphatic heterocycles. The highest BCUT2D eigenvalue weighted by Gasteiger charge is 2.39. The molecular weight excluding hydrogens is 218 g/mol. The van der Waals surface area contributed by atoms with Gasteiger partial charge in [-0.1, -0.05) is 36.2 Å². The molecule has 18 heavy (non-hydrogen) atoms. The molecule has 1 aromatic carbocycles. The molecule has 2 aliphatic rings. The lowest BCUT2D eigenvalue weighted by molar-refractivity contribution is 0.309. The standard InChI is InChI=1S/C17H25N/c1-12-3-6-15(7-4-12)13(2)18-11-17-10-14-5-8-16(17)9-14/h3-4,6-7,13-14,16-18H,5,8-11H2,1-2H3. The van der Waals surface area contributed by atoms with Gasteiger partial charge < -0.3 is 5.32 Å². The topological polar surface area (TPSA) is 12.0 Å². The highest BCUT2D eigenvalue weighted by atomic mass is 14.9. The molecule has 2 bridgehead atoms. The molecule has 2 saturated carbocycles. The molecule has 1 aromatic rings. The van der Waals surface area contributed by atoms with Crippen molar-refractivity contribution in [3.8, 4) is 0 Å². The summed E-state index contributed by atoms with van der Waals surface area (Å²) in [4.78, 5) is 0. The first-order chi connectivity index (χ1) is 8.72. The number of hydrogen-bond acceptors (Lipinski definition) is 1. The SMILES string of the molecule is Cc1ccc(C(C)NCC2CC3CCC2C3)cc1. The van der Waals surface area contributed by atoms with Gasteiger partial charge in [-0.15, -0.1) is 0 Å². The van der Waals surface area contributed by atoms with Gasteiger partial charge in [0.1, 0.15) is 0 Å². The Bertz CT molecular complexity index is 395. The van der Waals surface area contributed by atoms with Gasteiger partial charge in [-0.25, -0.2) is 0 Å². The van der Waals surface area contributed by atoms with E-state index in [-0.39, 0.29) is 0 Å². The third-order valence-electron chi connectivity index (χ3n) is 5.15. The Balaban J connectivity index is 1.52. The van der Waals surface area contributed by atoms with Crippen LogP contribution in [0.3, 0.4) is 0 Å². The minimum Gasteiger partial charge on any atom is -0.310 e. The van der Waals surface area contributed by atoms with Gasteiger partial charge in [0, 0.05) is 6.04 Å². The Hall–Kier alpha value is -0.820. The average Bonchev–Trinajstić information content (AvgIpc) is 2.99. The van der Waals surface area contributed by atoms with Gasteiger partial charge in [0.25, 0.3) is 0 Å². The summed E-state index contributed by atoms with van der Waals surface area (Å²) in [5.74, 6) is 3.06. The number of benzene rings is 1. The minimum absolute atomic E-state index is 0.490. The third-order valence-corrected chi connectivity index (χ3v) is 5.15. The van der Waals surface area contributed by atoms with Crippen LogP contribution in [-0.2, 0) is 0 Å². The van der Waals surface area contributed by atoms with Crippen molar-refractivity contribution in [1.82, 2.24) is 5.32 Å². The molecule has 0 amide bonds. The maximum absolute atomic E-state index is 3.75. The molecule has 0 heterocycles. The van der Waals surface area contributed by atoms with E-state index in [1.54, 1.807) is 0 Å². The molecule has 2 aliphatic carbocycles. The van der Waals surface area contributed by atoms with Crippen LogP contribution in [0.1, 0.15) is 49.8 Å². The van der Waals surface area contributed by atoms with Crippen LogP contribution in [0.5, 0.6) is 0 Å². The van der Waals surface area contributed by atoms with Crippen molar-refractivity contribution in [2.75, 3.05) is 6.54 Å². The van der Waals surface area contributed by atoms with Gasteiger partial charge in [0.2, 0.25) is 0 Å². The van der Waals surface area contributed by atoms with Crippen LogP contribution in [0.4, 0.5) is 0 Å². The lowest BCUT2D eigenvalue weighted by Gasteiger charge is -2.24. The first-order valence-electron chi connectivity index (χ1n) is 7.52. The van der Waals surface area contributed by atoms with Crippen LogP contribution in [0, 0.1) is 24.7 Å². The fourth-order valence-corrected chi connectivity index (χ4v) is 3.93. The minimum atomic E-state index is 0.490. The van der Waals surface area contributed by atoms with Crippen LogP contribution < -0.4 is 5.32 Å². The van der Waals surface area contributed by atoms with Gasteiger partial charge in [0.15, 0.2) is 0 Å². The van der Waals surface area contributed by atoms with Crippen molar-refractivity contribution in [2.24, 2.45) is 17.8 Å². The maximum atomic E-state index is 3.75. The molecule has 1 heteroatoms. The van der Waals surface area contributed by atoms with E-state index in [2.05, 4.69) is 43.4 Å². The fourth-order valence-electron chi connectivity index (χ4n) is 3.93. The summed E-state index contributed by atoms with van der Waals surface area (Å²) in [7, 11) is 0. The van der Waals surface area contributed by atoms with Crippen LogP contribution in [0.15, 0.2) is 24.3 Å². The second-order valence-electron chi connectivity index (χ2n) is 6.48. The summed E-state index contributed by atoms with van der Waals surface area (Å²) in [5, 5.41) is 3.75. The van der Waals surface area contributed by atoms with Crippen molar-refractivity contribution in [2.45, 2.75) is 45.6 Å². The zero-order valence-corrected chi connectivity index (χ0v) is 11.7. The summed E-state index contributed by atoms with van der Waals surface area (Å²) in [6.07, 6.45) is 6.01. The summed E-state index contributed by atoms with van der Waals surface area (Å²) in [5.41, 5.74) is 2.77. The fraction of sp³-hybridized carbons (Fsp3) is 0.647. The molecule has 4 unspecified atom stereocenters. The predicted octanol–water partition coefficient (Wildman–Crippen LogP) is 4.08. The second kappa shape index (κ2) is 5.05. The van der Waals surface area contributed by atoms with Gasteiger partial charge in [-0.3, -0.25) is 0 Å². The molecular formula is C17H25N. The summed E-state index contributed by atoms with van der Waals surface area (Å²) in [6.45, 7) is 5.66. The highest BCUT2D eigenvalue weighted by Crippen LogP contribution is 2.48. The molecule has 0 saturated heterocycles. The highest BCUT2D eigenvalue weighted by molar-refractivity contribution is 5.23. The lowest BCUT2D eigenvalue weighted by Crippen LogP contribution is -2.28. The van der Waals surface area contributed by atoms with E-state index in [0.29, 0.717) is 6.04 Å². The summed E-state index contributed by atoms with van der Waals surface area (Å²) in [6, 6.07) is 9.43. The van der Waals surface area contributed by atoms with Gasteiger partial charge in [-0.2, -0.15) is 0 Å². The maximum Gasteiger partial charge on any atom is 0.0291 e. The molecule has 1 nitrogen and oxygen atoms in total. The van der Waals surface area contributed by atoms with Crippen molar-refractivity contribution in [3.05, 3.63) is 35.4 Å². The van der Waals surface area contributed by atoms with E-state index in [4.69, 9.17) is 0 Å². The monoisotopic (exact) mass is 243 g/mol.